The van der Waals surface area contributed by atoms with Gasteiger partial charge >= 0.3 is 0 Å². The van der Waals surface area contributed by atoms with E-state index in [-0.39, 0.29) is 9.79 Å². The van der Waals surface area contributed by atoms with E-state index < -0.39 is 9.84 Å². The van der Waals surface area contributed by atoms with Crippen molar-refractivity contribution in [2.75, 3.05) is 9.80 Å². The number of anilines is 5. The lowest BCUT2D eigenvalue weighted by atomic mass is 10.1. The van der Waals surface area contributed by atoms with Gasteiger partial charge in [0.25, 0.3) is 0 Å². The van der Waals surface area contributed by atoms with Gasteiger partial charge in [-0.25, -0.2) is 8.42 Å². The Morgan fingerprint density at radius 2 is 1.09 bits per heavy atom. The molecule has 44 heavy (non-hydrogen) atoms. The largest absolute Gasteiger partial charge is 0.311 e. The van der Waals surface area contributed by atoms with Crippen molar-refractivity contribution in [3.05, 3.63) is 175 Å². The summed E-state index contributed by atoms with van der Waals surface area (Å²) in [6, 6.07) is 42.4. The second-order valence-corrected chi connectivity index (χ2v) is 12.7. The fourth-order valence-electron chi connectivity index (χ4n) is 5.10. The van der Waals surface area contributed by atoms with Gasteiger partial charge in [0.15, 0.2) is 0 Å². The van der Waals surface area contributed by atoms with Crippen LogP contribution in [0.25, 0.3) is 0 Å². The molecule has 0 saturated carbocycles. The van der Waals surface area contributed by atoms with Crippen molar-refractivity contribution in [2.24, 2.45) is 0 Å². The van der Waals surface area contributed by atoms with Crippen LogP contribution in [0, 0.1) is 6.92 Å². The Kier molecular flexibility index (Phi) is 9.27. The van der Waals surface area contributed by atoms with E-state index in [1.807, 2.05) is 111 Å². The molecule has 5 aromatic carbocycles. The van der Waals surface area contributed by atoms with Crippen molar-refractivity contribution in [3.8, 4) is 0 Å². The minimum absolute atomic E-state index is 0.233. The highest BCUT2D eigenvalue weighted by molar-refractivity contribution is 7.91. The van der Waals surface area contributed by atoms with E-state index in [0.29, 0.717) is 0 Å². The van der Waals surface area contributed by atoms with E-state index in [0.717, 1.165) is 45.3 Å². The van der Waals surface area contributed by atoms with Gasteiger partial charge in [-0.2, -0.15) is 0 Å². The predicted octanol–water partition coefficient (Wildman–Crippen LogP) is 10.5. The highest BCUT2D eigenvalue weighted by Gasteiger charge is 2.21. The second-order valence-electron chi connectivity index (χ2n) is 10.7. The molecule has 0 spiro atoms. The van der Waals surface area contributed by atoms with Crippen molar-refractivity contribution >= 4 is 38.3 Å². The molecule has 0 unspecified atom stereocenters. The molecule has 0 aliphatic carbocycles. The van der Waals surface area contributed by atoms with Crippen molar-refractivity contribution in [1.29, 1.82) is 0 Å². The Bertz CT molecular complexity index is 1890. The van der Waals surface area contributed by atoms with Crippen molar-refractivity contribution in [3.63, 3.8) is 0 Å². The van der Waals surface area contributed by atoms with E-state index in [1.165, 1.54) is 0 Å². The van der Waals surface area contributed by atoms with E-state index in [4.69, 9.17) is 0 Å². The third-order valence-corrected chi connectivity index (χ3v) is 8.87. The average Bonchev–Trinajstić information content (AvgIpc) is 3.03. The van der Waals surface area contributed by atoms with Gasteiger partial charge in [0, 0.05) is 34.1 Å². The van der Waals surface area contributed by atoms with E-state index in [9.17, 15) is 8.42 Å². The fourth-order valence-corrected chi connectivity index (χ4v) is 6.37. The normalized spacial score (nSPS) is 11.5. The molecule has 4 nitrogen and oxygen atoms in total. The van der Waals surface area contributed by atoms with E-state index >= 15 is 0 Å². The summed E-state index contributed by atoms with van der Waals surface area (Å²) in [7, 11) is -3.75. The number of aryl methyl sites for hydroxylation is 1. The maximum absolute atomic E-state index is 13.8. The quantitative estimate of drug-likeness (QED) is 0.150. The van der Waals surface area contributed by atoms with Gasteiger partial charge in [0.2, 0.25) is 9.84 Å². The molecule has 0 atom stereocenters. The Morgan fingerprint density at radius 1 is 0.614 bits per heavy atom. The third kappa shape index (κ3) is 6.74. The Labute approximate surface area is 261 Å². The lowest BCUT2D eigenvalue weighted by Crippen LogP contribution is -2.15. The number of sulfone groups is 1. The molecule has 5 aromatic rings. The molecule has 220 valence electrons. The third-order valence-electron chi connectivity index (χ3n) is 7.08. The zero-order valence-electron chi connectivity index (χ0n) is 25.3. The molecule has 0 radical (unpaired) electrons. The average molecular weight is 597 g/mol. The highest BCUT2D eigenvalue weighted by atomic mass is 32.2. The summed E-state index contributed by atoms with van der Waals surface area (Å²) in [5.41, 5.74) is 7.87. The van der Waals surface area contributed by atoms with Gasteiger partial charge in [-0.05, 0) is 123 Å². The first-order chi connectivity index (χ1) is 21.3. The number of benzene rings is 5. The van der Waals surface area contributed by atoms with Crippen LogP contribution < -0.4 is 9.80 Å². The molecule has 0 heterocycles. The summed E-state index contributed by atoms with van der Waals surface area (Å²) in [6.07, 6.45) is 5.78. The Hall–Kier alpha value is -5.13. The first-order valence-electron chi connectivity index (χ1n) is 14.5. The van der Waals surface area contributed by atoms with Crippen LogP contribution in [0.15, 0.2) is 179 Å². The number of para-hydroxylation sites is 2. The van der Waals surface area contributed by atoms with Crippen molar-refractivity contribution in [1.82, 2.24) is 0 Å². The molecule has 0 fully saturated rings. The monoisotopic (exact) mass is 596 g/mol. The molecule has 5 heteroatoms. The van der Waals surface area contributed by atoms with Gasteiger partial charge in [-0.1, -0.05) is 66.8 Å². The Morgan fingerprint density at radius 3 is 1.61 bits per heavy atom. The first kappa shape index (κ1) is 30.3. The zero-order valence-corrected chi connectivity index (χ0v) is 26.1. The molecular weight excluding hydrogens is 561 g/mol. The van der Waals surface area contributed by atoms with Crippen LogP contribution in [0.3, 0.4) is 0 Å². The summed E-state index contributed by atoms with van der Waals surface area (Å²) < 4.78 is 27.5. The Balaban J connectivity index is 1.49. The molecular formula is C39H36N2O2S. The number of hydrogen-bond acceptors (Lipinski definition) is 4. The summed E-state index contributed by atoms with van der Waals surface area (Å²) in [6.45, 7) is 10.0. The maximum atomic E-state index is 13.8. The summed E-state index contributed by atoms with van der Waals surface area (Å²) in [5.74, 6) is 0. The van der Waals surface area contributed by atoms with Crippen LogP contribution in [0.1, 0.15) is 19.4 Å². The van der Waals surface area contributed by atoms with E-state index in [2.05, 4.69) is 47.6 Å². The fraction of sp³-hybridized carbons (Fsp3) is 0.0769. The first-order valence-corrected chi connectivity index (χ1v) is 16.0. The van der Waals surface area contributed by atoms with Crippen LogP contribution >= 0.6 is 0 Å². The van der Waals surface area contributed by atoms with Crippen LogP contribution in [-0.4, -0.2) is 8.42 Å². The SMILES string of the molecule is C=C/C=C(\C=C(C)C)N(c1ccccc1)c1ccc(S(=O)(=O)c2ccc(N(c3ccccc3)c3cccc(C)c3)cc2)cc1. The summed E-state index contributed by atoms with van der Waals surface area (Å²) >= 11 is 0. The molecule has 0 N–H and O–H groups in total. The van der Waals surface area contributed by atoms with Gasteiger partial charge in [0.05, 0.1) is 9.79 Å². The molecule has 0 amide bonds. The number of rotatable bonds is 10. The molecule has 0 aromatic heterocycles. The minimum Gasteiger partial charge on any atom is -0.311 e. The van der Waals surface area contributed by atoms with Gasteiger partial charge < -0.3 is 9.80 Å². The highest BCUT2D eigenvalue weighted by Crippen LogP contribution is 2.36. The molecule has 0 bridgehead atoms. The zero-order chi connectivity index (χ0) is 31.1. The van der Waals surface area contributed by atoms with E-state index in [1.54, 1.807) is 30.3 Å². The summed E-state index contributed by atoms with van der Waals surface area (Å²) in [4.78, 5) is 4.68. The number of hydrogen-bond donors (Lipinski definition) is 0. The van der Waals surface area contributed by atoms with Crippen LogP contribution in [0.2, 0.25) is 0 Å². The van der Waals surface area contributed by atoms with Crippen molar-refractivity contribution in [2.45, 2.75) is 30.6 Å². The lowest BCUT2D eigenvalue weighted by Gasteiger charge is -2.27. The molecule has 0 aliphatic rings. The standard InChI is InChI=1S/C39H36N2O2S/c1-5-13-36(28-30(2)3)40(32-15-8-6-9-16-32)34-20-24-38(25-21-34)44(42,43)39-26-22-35(23-27-39)41(33-17-10-7-11-18-33)37-19-12-14-31(4)29-37/h5-29H,1H2,2-4H3/b36-13+. The lowest BCUT2D eigenvalue weighted by molar-refractivity contribution is 0.596. The van der Waals surface area contributed by atoms with Gasteiger partial charge in [0.1, 0.15) is 0 Å². The molecule has 0 saturated heterocycles. The number of allylic oxidation sites excluding steroid dienone is 4. The van der Waals surface area contributed by atoms with Crippen LogP contribution in [-0.2, 0) is 9.84 Å². The minimum atomic E-state index is -3.75. The molecule has 5 rings (SSSR count). The van der Waals surface area contributed by atoms with Crippen LogP contribution in [0.4, 0.5) is 28.4 Å². The second kappa shape index (κ2) is 13.4. The predicted molar refractivity (Wildman–Crippen MR) is 184 cm³/mol. The number of nitrogens with zero attached hydrogens (tertiary/aromatic N) is 2. The smallest absolute Gasteiger partial charge is 0.206 e. The van der Waals surface area contributed by atoms with Gasteiger partial charge in [-0.15, -0.1) is 0 Å². The summed E-state index contributed by atoms with van der Waals surface area (Å²) in [5, 5.41) is 0. The van der Waals surface area contributed by atoms with Crippen LogP contribution in [0.5, 0.6) is 0 Å². The van der Waals surface area contributed by atoms with Gasteiger partial charge in [-0.3, -0.25) is 0 Å². The topological polar surface area (TPSA) is 40.6 Å². The van der Waals surface area contributed by atoms with Crippen molar-refractivity contribution < 1.29 is 8.42 Å². The molecule has 0 aliphatic heterocycles. The maximum Gasteiger partial charge on any atom is 0.206 e.